The summed E-state index contributed by atoms with van der Waals surface area (Å²) in [6.45, 7) is 6.93. The fourth-order valence-electron chi connectivity index (χ4n) is 3.79. The summed E-state index contributed by atoms with van der Waals surface area (Å²) < 4.78 is 11.8. The predicted octanol–water partition coefficient (Wildman–Crippen LogP) is 5.10. The Hall–Kier alpha value is -0.980. The van der Waals surface area contributed by atoms with Crippen molar-refractivity contribution in [3.8, 4) is 11.5 Å². The monoisotopic (exact) mass is 518 g/mol. The smallest absolute Gasteiger partial charge is 0.174 e. The molecule has 0 aliphatic carbocycles. The molecule has 1 aliphatic rings. The van der Waals surface area contributed by atoms with Gasteiger partial charge in [0.15, 0.2) is 11.5 Å². The second-order valence-corrected chi connectivity index (χ2v) is 8.19. The average molecular weight is 520 g/mol. The van der Waals surface area contributed by atoms with Gasteiger partial charge in [0.05, 0.1) is 18.7 Å². The summed E-state index contributed by atoms with van der Waals surface area (Å²) in [6.07, 6.45) is 3.44. The molecule has 2 aromatic carbocycles. The van der Waals surface area contributed by atoms with Crippen LogP contribution < -0.4 is 9.47 Å². The maximum atomic E-state index is 5.46. The van der Waals surface area contributed by atoms with Crippen LogP contribution in [0, 0.1) is 0 Å². The van der Waals surface area contributed by atoms with E-state index >= 15 is 0 Å². The summed E-state index contributed by atoms with van der Waals surface area (Å²) in [4.78, 5) is 5.17. The van der Waals surface area contributed by atoms with Crippen molar-refractivity contribution < 1.29 is 9.47 Å². The molecule has 0 atom stereocenters. The van der Waals surface area contributed by atoms with Crippen molar-refractivity contribution >= 4 is 40.7 Å². The van der Waals surface area contributed by atoms with Crippen molar-refractivity contribution in [3.05, 3.63) is 58.1 Å². The third-order valence-corrected chi connectivity index (χ3v) is 6.05. The lowest BCUT2D eigenvalue weighted by Crippen LogP contribution is -2.47. The van der Waals surface area contributed by atoms with E-state index in [9.17, 15) is 0 Å². The van der Waals surface area contributed by atoms with Crippen molar-refractivity contribution in [2.45, 2.75) is 19.3 Å². The molecule has 4 nitrogen and oxygen atoms in total. The molecule has 0 aromatic heterocycles. The van der Waals surface area contributed by atoms with Crippen molar-refractivity contribution in [2.75, 3.05) is 53.5 Å². The lowest BCUT2D eigenvalue weighted by Gasteiger charge is -2.34. The van der Waals surface area contributed by atoms with Crippen LogP contribution in [0.25, 0.3) is 0 Å². The quantitative estimate of drug-likeness (QED) is 0.460. The number of halogens is 3. The fraction of sp³-hybridized carbons (Fsp3) is 0.478. The van der Waals surface area contributed by atoms with Crippen LogP contribution >= 0.6 is 40.7 Å². The van der Waals surface area contributed by atoms with Crippen LogP contribution in [0.3, 0.4) is 0 Å². The molecule has 0 radical (unpaired) electrons. The second kappa shape index (κ2) is 14.2. The summed E-state index contributed by atoms with van der Waals surface area (Å²) in [5.74, 6) is 1.55. The highest BCUT2D eigenvalue weighted by atomic mass is 79.9. The molecule has 0 saturated carbocycles. The molecule has 0 spiro atoms. The number of hydrogen-bond acceptors (Lipinski definition) is 4. The minimum Gasteiger partial charge on any atom is -0.493 e. The molecule has 1 heterocycles. The van der Waals surface area contributed by atoms with Gasteiger partial charge < -0.3 is 19.3 Å². The van der Waals surface area contributed by atoms with Gasteiger partial charge in [-0.15, -0.1) is 24.8 Å². The highest BCUT2D eigenvalue weighted by molar-refractivity contribution is 9.10. The Morgan fingerprint density at radius 1 is 0.800 bits per heavy atom. The molecule has 0 N–H and O–H groups in total. The Bertz CT molecular complexity index is 741. The lowest BCUT2D eigenvalue weighted by molar-refractivity contribution is 0.132. The largest absolute Gasteiger partial charge is 0.493 e. The van der Waals surface area contributed by atoms with Crippen molar-refractivity contribution in [1.29, 1.82) is 0 Å². The van der Waals surface area contributed by atoms with Crippen LogP contribution in [0.15, 0.2) is 46.9 Å². The number of nitrogens with zero attached hydrogens (tertiary/aromatic N) is 2. The van der Waals surface area contributed by atoms with Crippen LogP contribution in [0.5, 0.6) is 11.5 Å². The molecule has 0 bridgehead atoms. The van der Waals surface area contributed by atoms with Crippen molar-refractivity contribution in [2.24, 2.45) is 0 Å². The highest BCUT2D eigenvalue weighted by Gasteiger charge is 2.17. The van der Waals surface area contributed by atoms with Gasteiger partial charge >= 0.3 is 0 Å². The molecule has 0 amide bonds. The summed E-state index contributed by atoms with van der Waals surface area (Å²) in [7, 11) is 3.35. The van der Waals surface area contributed by atoms with E-state index in [0.717, 1.165) is 42.0 Å². The summed E-state index contributed by atoms with van der Waals surface area (Å²) in [5.41, 5.74) is 2.72. The van der Waals surface area contributed by atoms with Crippen LogP contribution in [0.1, 0.15) is 17.5 Å². The normalized spacial score (nSPS) is 14.5. The highest BCUT2D eigenvalue weighted by Crippen LogP contribution is 2.36. The fourth-order valence-corrected chi connectivity index (χ4v) is 4.44. The zero-order valence-corrected chi connectivity index (χ0v) is 21.0. The number of piperazine rings is 1. The van der Waals surface area contributed by atoms with Gasteiger partial charge in [-0.3, -0.25) is 0 Å². The van der Waals surface area contributed by atoms with Crippen molar-refractivity contribution in [3.63, 3.8) is 0 Å². The molecule has 1 fully saturated rings. The van der Waals surface area contributed by atoms with Gasteiger partial charge in [0, 0.05) is 32.7 Å². The number of hydrogen-bond donors (Lipinski definition) is 0. The van der Waals surface area contributed by atoms with E-state index in [1.807, 2.05) is 0 Å². The Kier molecular flexibility index (Phi) is 12.8. The van der Waals surface area contributed by atoms with Crippen LogP contribution in [-0.4, -0.2) is 63.3 Å². The van der Waals surface area contributed by atoms with E-state index in [0.29, 0.717) is 0 Å². The Balaban J connectivity index is 0.00000225. The van der Waals surface area contributed by atoms with Gasteiger partial charge in [-0.25, -0.2) is 0 Å². The molecule has 2 aromatic rings. The van der Waals surface area contributed by atoms with E-state index in [1.54, 1.807) is 14.2 Å². The molecule has 1 saturated heterocycles. The number of rotatable bonds is 9. The van der Waals surface area contributed by atoms with Gasteiger partial charge in [0.1, 0.15) is 0 Å². The maximum absolute atomic E-state index is 5.46. The number of aryl methyl sites for hydroxylation is 1. The van der Waals surface area contributed by atoms with Gasteiger partial charge in [0.2, 0.25) is 0 Å². The zero-order chi connectivity index (χ0) is 19.8. The van der Waals surface area contributed by atoms with Gasteiger partial charge in [-0.05, 0) is 65.0 Å². The topological polar surface area (TPSA) is 24.9 Å². The minimum absolute atomic E-state index is 0. The molecule has 3 rings (SSSR count). The van der Waals surface area contributed by atoms with Gasteiger partial charge in [0.25, 0.3) is 0 Å². The first-order valence-electron chi connectivity index (χ1n) is 10.1. The number of benzene rings is 2. The van der Waals surface area contributed by atoms with Crippen LogP contribution in [-0.2, 0) is 12.8 Å². The second-order valence-electron chi connectivity index (χ2n) is 7.34. The SMILES string of the molecule is COc1cc(CCN2CCN(CCCc3ccccc3)CC2)cc(Br)c1OC.Cl.Cl. The zero-order valence-electron chi connectivity index (χ0n) is 17.8. The van der Waals surface area contributed by atoms with E-state index in [1.165, 1.54) is 43.6 Å². The standard InChI is InChI=1S/C23H31BrN2O2.2ClH/c1-27-22-18-20(17-21(24)23(22)28-2)10-12-26-15-13-25(14-16-26)11-6-9-19-7-4-3-5-8-19;;/h3-5,7-8,17-18H,6,9-16H2,1-2H3;2*1H. The number of ether oxygens (including phenoxy) is 2. The van der Waals surface area contributed by atoms with E-state index in [-0.39, 0.29) is 24.8 Å². The van der Waals surface area contributed by atoms with Gasteiger partial charge in [-0.1, -0.05) is 30.3 Å². The first-order valence-corrected chi connectivity index (χ1v) is 10.9. The first-order chi connectivity index (χ1) is 13.7. The van der Waals surface area contributed by atoms with Crippen LogP contribution in [0.4, 0.5) is 0 Å². The van der Waals surface area contributed by atoms with Crippen molar-refractivity contribution in [1.82, 2.24) is 9.80 Å². The Labute approximate surface area is 201 Å². The molecule has 30 heavy (non-hydrogen) atoms. The molecular formula is C23H33BrCl2N2O2. The Morgan fingerprint density at radius 3 is 2.03 bits per heavy atom. The molecule has 0 unspecified atom stereocenters. The summed E-state index contributed by atoms with van der Waals surface area (Å²) in [6, 6.07) is 15.0. The molecule has 1 aliphatic heterocycles. The van der Waals surface area contributed by atoms with E-state index < -0.39 is 0 Å². The maximum Gasteiger partial charge on any atom is 0.174 e. The summed E-state index contributed by atoms with van der Waals surface area (Å²) in [5, 5.41) is 0. The van der Waals surface area contributed by atoms with E-state index in [4.69, 9.17) is 9.47 Å². The summed E-state index contributed by atoms with van der Waals surface area (Å²) >= 11 is 3.59. The van der Waals surface area contributed by atoms with Gasteiger partial charge in [-0.2, -0.15) is 0 Å². The molecule has 7 heteroatoms. The number of methoxy groups -OCH3 is 2. The van der Waals surface area contributed by atoms with E-state index in [2.05, 4.69) is 68.2 Å². The first kappa shape index (κ1) is 27.1. The molecule has 168 valence electrons. The molecular weight excluding hydrogens is 487 g/mol. The minimum atomic E-state index is 0. The third kappa shape index (κ3) is 7.93. The van der Waals surface area contributed by atoms with Crippen LogP contribution in [0.2, 0.25) is 0 Å². The lowest BCUT2D eigenvalue weighted by atomic mass is 10.1. The third-order valence-electron chi connectivity index (χ3n) is 5.46. The predicted molar refractivity (Wildman–Crippen MR) is 133 cm³/mol. The Morgan fingerprint density at radius 2 is 1.43 bits per heavy atom. The average Bonchev–Trinajstić information content (AvgIpc) is 2.73.